The lowest BCUT2D eigenvalue weighted by molar-refractivity contribution is 0.0820. The SMILES string of the molecule is CC(CO)(NC(=O)c1cc(Cl)ccc1F)C1CC1. The van der Waals surface area contributed by atoms with E-state index in [1.165, 1.54) is 12.1 Å². The zero-order valence-corrected chi connectivity index (χ0v) is 10.8. The van der Waals surface area contributed by atoms with Crippen LogP contribution in [-0.2, 0) is 0 Å². The van der Waals surface area contributed by atoms with Gasteiger partial charge in [-0.2, -0.15) is 0 Å². The van der Waals surface area contributed by atoms with E-state index in [0.29, 0.717) is 5.02 Å². The van der Waals surface area contributed by atoms with Crippen LogP contribution in [0.15, 0.2) is 18.2 Å². The first-order chi connectivity index (χ1) is 8.46. The fraction of sp³-hybridized carbons (Fsp3) is 0.462. The van der Waals surface area contributed by atoms with Gasteiger partial charge in [0.1, 0.15) is 5.82 Å². The number of carbonyl (C=O) groups is 1. The first kappa shape index (κ1) is 13.3. The van der Waals surface area contributed by atoms with Crippen molar-refractivity contribution < 1.29 is 14.3 Å². The summed E-state index contributed by atoms with van der Waals surface area (Å²) in [6.07, 6.45) is 1.94. The molecule has 18 heavy (non-hydrogen) atoms. The van der Waals surface area contributed by atoms with Crippen LogP contribution in [0.2, 0.25) is 5.02 Å². The molecule has 1 unspecified atom stereocenters. The number of halogens is 2. The van der Waals surface area contributed by atoms with Crippen molar-refractivity contribution >= 4 is 17.5 Å². The smallest absolute Gasteiger partial charge is 0.254 e. The number of aliphatic hydroxyl groups is 1. The molecule has 1 aromatic carbocycles. The zero-order chi connectivity index (χ0) is 13.3. The molecule has 0 heterocycles. The number of benzene rings is 1. The van der Waals surface area contributed by atoms with Crippen molar-refractivity contribution in [2.75, 3.05) is 6.61 Å². The first-order valence-electron chi connectivity index (χ1n) is 5.85. The maximum atomic E-state index is 13.5. The quantitative estimate of drug-likeness (QED) is 0.883. The van der Waals surface area contributed by atoms with Crippen molar-refractivity contribution in [2.45, 2.75) is 25.3 Å². The fourth-order valence-electron chi connectivity index (χ4n) is 1.99. The summed E-state index contributed by atoms with van der Waals surface area (Å²) in [6.45, 7) is 1.61. The standard InChI is InChI=1S/C13H15ClFNO2/c1-13(7-17,8-2-3-8)16-12(18)10-6-9(14)4-5-11(10)15/h4-6,8,17H,2-3,7H2,1H3,(H,16,18). The Morgan fingerprint density at radius 3 is 2.83 bits per heavy atom. The maximum Gasteiger partial charge on any atom is 0.254 e. The van der Waals surface area contributed by atoms with Gasteiger partial charge >= 0.3 is 0 Å². The second kappa shape index (κ2) is 4.86. The first-order valence-corrected chi connectivity index (χ1v) is 6.22. The van der Waals surface area contributed by atoms with Gasteiger partial charge in [0.25, 0.3) is 5.91 Å². The highest BCUT2D eigenvalue weighted by Gasteiger charge is 2.42. The fourth-order valence-corrected chi connectivity index (χ4v) is 2.16. The number of hydrogen-bond donors (Lipinski definition) is 2. The number of nitrogens with one attached hydrogen (secondary N) is 1. The van der Waals surface area contributed by atoms with E-state index in [0.717, 1.165) is 18.9 Å². The van der Waals surface area contributed by atoms with Gasteiger partial charge in [0.15, 0.2) is 0 Å². The number of hydrogen-bond acceptors (Lipinski definition) is 2. The summed E-state index contributed by atoms with van der Waals surface area (Å²) in [5.41, 5.74) is -0.783. The molecule has 0 spiro atoms. The van der Waals surface area contributed by atoms with Gasteiger partial charge in [0, 0.05) is 5.02 Å². The second-order valence-corrected chi connectivity index (χ2v) is 5.36. The highest BCUT2D eigenvalue weighted by molar-refractivity contribution is 6.31. The predicted octanol–water partition coefficient (Wildman–Crippen LogP) is 2.37. The Balaban J connectivity index is 2.18. The van der Waals surface area contributed by atoms with Gasteiger partial charge in [-0.1, -0.05) is 11.6 Å². The molecule has 98 valence electrons. The van der Waals surface area contributed by atoms with E-state index < -0.39 is 17.3 Å². The van der Waals surface area contributed by atoms with Crippen LogP contribution in [0.4, 0.5) is 4.39 Å². The number of aliphatic hydroxyl groups excluding tert-OH is 1. The number of amides is 1. The molecular formula is C13H15ClFNO2. The Labute approximate surface area is 110 Å². The maximum absolute atomic E-state index is 13.5. The van der Waals surface area contributed by atoms with Gasteiger partial charge in [0.05, 0.1) is 17.7 Å². The van der Waals surface area contributed by atoms with Crippen molar-refractivity contribution in [1.82, 2.24) is 5.32 Å². The summed E-state index contributed by atoms with van der Waals surface area (Å²) in [4.78, 5) is 12.0. The van der Waals surface area contributed by atoms with Crippen molar-refractivity contribution in [2.24, 2.45) is 5.92 Å². The third-order valence-electron chi connectivity index (χ3n) is 3.38. The Morgan fingerprint density at radius 1 is 1.61 bits per heavy atom. The molecule has 1 aliphatic carbocycles. The molecule has 1 aromatic rings. The predicted molar refractivity (Wildman–Crippen MR) is 67.1 cm³/mol. The molecule has 0 bridgehead atoms. The van der Waals surface area contributed by atoms with Gasteiger partial charge in [0.2, 0.25) is 0 Å². The van der Waals surface area contributed by atoms with E-state index >= 15 is 0 Å². The number of carbonyl (C=O) groups excluding carboxylic acids is 1. The molecule has 5 heteroatoms. The molecule has 1 fully saturated rings. The molecule has 2 rings (SSSR count). The van der Waals surface area contributed by atoms with Crippen molar-refractivity contribution in [3.63, 3.8) is 0 Å². The van der Waals surface area contributed by atoms with E-state index in [2.05, 4.69) is 5.32 Å². The molecule has 0 aliphatic heterocycles. The Bertz CT molecular complexity index is 476. The normalized spacial score (nSPS) is 18.2. The molecule has 2 N–H and O–H groups in total. The monoisotopic (exact) mass is 271 g/mol. The number of rotatable bonds is 4. The lowest BCUT2D eigenvalue weighted by Gasteiger charge is -2.28. The van der Waals surface area contributed by atoms with Gasteiger partial charge in [-0.05, 0) is 43.9 Å². The van der Waals surface area contributed by atoms with Gasteiger partial charge < -0.3 is 10.4 Å². The zero-order valence-electron chi connectivity index (χ0n) is 10.0. The van der Waals surface area contributed by atoms with Gasteiger partial charge in [-0.3, -0.25) is 4.79 Å². The molecule has 1 aliphatic rings. The molecule has 3 nitrogen and oxygen atoms in total. The Morgan fingerprint density at radius 2 is 2.28 bits per heavy atom. The van der Waals surface area contributed by atoms with Crippen LogP contribution in [0.25, 0.3) is 0 Å². The summed E-state index contributed by atoms with van der Waals surface area (Å²) in [6, 6.07) is 3.83. The van der Waals surface area contributed by atoms with E-state index in [4.69, 9.17) is 11.6 Å². The summed E-state index contributed by atoms with van der Waals surface area (Å²) in [5.74, 6) is -0.903. The van der Waals surface area contributed by atoms with Crippen LogP contribution in [0, 0.1) is 11.7 Å². The minimum Gasteiger partial charge on any atom is -0.394 e. The third kappa shape index (κ3) is 2.65. The second-order valence-electron chi connectivity index (χ2n) is 4.93. The van der Waals surface area contributed by atoms with E-state index in [1.54, 1.807) is 6.92 Å². The average Bonchev–Trinajstić information content (AvgIpc) is 3.16. The molecule has 1 atom stereocenters. The molecule has 1 amide bonds. The Kier molecular flexibility index (Phi) is 3.59. The topological polar surface area (TPSA) is 49.3 Å². The summed E-state index contributed by atoms with van der Waals surface area (Å²) in [7, 11) is 0. The van der Waals surface area contributed by atoms with Crippen molar-refractivity contribution in [1.29, 1.82) is 0 Å². The highest BCUT2D eigenvalue weighted by atomic mass is 35.5. The van der Waals surface area contributed by atoms with Crippen molar-refractivity contribution in [3.8, 4) is 0 Å². The molecule has 1 saturated carbocycles. The average molecular weight is 272 g/mol. The summed E-state index contributed by atoms with van der Waals surface area (Å²) < 4.78 is 13.5. The Hall–Kier alpha value is -1.13. The van der Waals surface area contributed by atoms with Crippen LogP contribution in [0.5, 0.6) is 0 Å². The minimum atomic E-state index is -0.689. The highest BCUT2D eigenvalue weighted by Crippen LogP contribution is 2.39. The molecule has 0 saturated heterocycles. The van der Waals surface area contributed by atoms with Crippen LogP contribution < -0.4 is 5.32 Å². The molecular weight excluding hydrogens is 257 g/mol. The minimum absolute atomic E-state index is 0.0946. The summed E-state index contributed by atoms with van der Waals surface area (Å²) >= 11 is 5.74. The van der Waals surface area contributed by atoms with E-state index in [9.17, 15) is 14.3 Å². The molecule has 0 radical (unpaired) electrons. The molecule has 0 aromatic heterocycles. The largest absolute Gasteiger partial charge is 0.394 e. The third-order valence-corrected chi connectivity index (χ3v) is 3.61. The summed E-state index contributed by atoms with van der Waals surface area (Å²) in [5, 5.41) is 12.4. The lowest BCUT2D eigenvalue weighted by Crippen LogP contribution is -2.50. The lowest BCUT2D eigenvalue weighted by atomic mass is 9.96. The van der Waals surface area contributed by atoms with Crippen molar-refractivity contribution in [3.05, 3.63) is 34.6 Å². The van der Waals surface area contributed by atoms with Crippen LogP contribution >= 0.6 is 11.6 Å². The van der Waals surface area contributed by atoms with Crippen LogP contribution in [-0.4, -0.2) is 23.2 Å². The van der Waals surface area contributed by atoms with E-state index in [-0.39, 0.29) is 18.1 Å². The van der Waals surface area contributed by atoms with Crippen LogP contribution in [0.3, 0.4) is 0 Å². The van der Waals surface area contributed by atoms with Crippen LogP contribution in [0.1, 0.15) is 30.1 Å². The van der Waals surface area contributed by atoms with Gasteiger partial charge in [-0.25, -0.2) is 4.39 Å². The van der Waals surface area contributed by atoms with E-state index in [1.807, 2.05) is 0 Å². The van der Waals surface area contributed by atoms with Gasteiger partial charge in [-0.15, -0.1) is 0 Å².